The number of pyridine rings is 1. The maximum absolute atomic E-state index is 14.5. The zero-order valence-electron chi connectivity index (χ0n) is 27.2. The number of nitrogens with one attached hydrogen (secondary N) is 1. The van der Waals surface area contributed by atoms with Crippen LogP contribution < -0.4 is 10.5 Å². The number of rotatable bonds is 8. The number of hydrazone groups is 1. The SMILES string of the molecule is O=C(c1cc([N+](=O)[O-])c(N2CCCCC2)c([N+](=O)[O-])c1)N1N=C(c2c(-c3ccccc3)c3cc(Br)ccc3[nH]c2=O)C[C@@H]1c1cccc([N+](=O)[O-])c1. The molecule has 262 valence electrons. The summed E-state index contributed by atoms with van der Waals surface area (Å²) in [7, 11) is 0. The van der Waals surface area contributed by atoms with Gasteiger partial charge in [-0.25, -0.2) is 5.01 Å². The molecule has 0 spiro atoms. The quantitative estimate of drug-likeness (QED) is 0.122. The summed E-state index contributed by atoms with van der Waals surface area (Å²) in [5.41, 5.74) is -0.119. The van der Waals surface area contributed by atoms with Gasteiger partial charge in [-0.05, 0) is 48.6 Å². The van der Waals surface area contributed by atoms with Gasteiger partial charge >= 0.3 is 0 Å². The van der Waals surface area contributed by atoms with Crippen molar-refractivity contribution >= 4 is 61.2 Å². The summed E-state index contributed by atoms with van der Waals surface area (Å²) < 4.78 is 0.742. The van der Waals surface area contributed by atoms with Crippen LogP contribution in [-0.2, 0) is 0 Å². The van der Waals surface area contributed by atoms with Crippen LogP contribution in [0.2, 0.25) is 0 Å². The molecule has 4 aromatic carbocycles. The van der Waals surface area contributed by atoms with Gasteiger partial charge in [0.05, 0.1) is 37.7 Å². The predicted molar refractivity (Wildman–Crippen MR) is 197 cm³/mol. The van der Waals surface area contributed by atoms with Gasteiger partial charge in [0.25, 0.3) is 28.5 Å². The van der Waals surface area contributed by atoms with Crippen LogP contribution in [0.1, 0.15) is 53.2 Å². The van der Waals surface area contributed by atoms with Crippen LogP contribution in [0.4, 0.5) is 22.7 Å². The number of piperidine rings is 1. The average Bonchev–Trinajstić information content (AvgIpc) is 3.59. The highest BCUT2D eigenvalue weighted by molar-refractivity contribution is 9.10. The Bertz CT molecular complexity index is 2360. The van der Waals surface area contributed by atoms with E-state index in [1.165, 1.54) is 18.2 Å². The summed E-state index contributed by atoms with van der Waals surface area (Å²) in [6.45, 7) is 0.758. The van der Waals surface area contributed by atoms with E-state index in [1.54, 1.807) is 23.1 Å². The topological polar surface area (TPSA) is 198 Å². The van der Waals surface area contributed by atoms with Crippen molar-refractivity contribution in [3.05, 3.63) is 147 Å². The van der Waals surface area contributed by atoms with Gasteiger partial charge in [0.15, 0.2) is 5.69 Å². The molecule has 1 N–H and O–H groups in total. The first-order valence-corrected chi connectivity index (χ1v) is 17.1. The molecule has 2 aliphatic heterocycles. The fourth-order valence-electron chi connectivity index (χ4n) is 6.98. The van der Waals surface area contributed by atoms with E-state index in [9.17, 15) is 39.9 Å². The molecule has 5 aromatic rings. The zero-order chi connectivity index (χ0) is 36.7. The first kappa shape index (κ1) is 34.2. The van der Waals surface area contributed by atoms with Gasteiger partial charge < -0.3 is 9.88 Å². The standard InChI is InChI=1S/C36H28BrN7O8/c37-24-12-13-27-26(19-24)32(21-8-3-1-4-9-21)33(35(45)38-27)28-20-29(22-10-7-11-25(16-22)42(47)48)41(39-28)36(46)23-17-30(43(49)50)34(31(18-23)44(51)52)40-14-5-2-6-15-40/h1,3-4,7-13,16-19,29H,2,5-6,14-15,20H2,(H,38,45)/t29-/m1/s1. The van der Waals surface area contributed by atoms with Gasteiger partial charge in [0, 0.05) is 64.7 Å². The Morgan fingerprint density at radius 1 is 0.808 bits per heavy atom. The van der Waals surface area contributed by atoms with Crippen molar-refractivity contribution in [2.75, 3.05) is 18.0 Å². The fourth-order valence-corrected chi connectivity index (χ4v) is 7.34. The molecule has 52 heavy (non-hydrogen) atoms. The lowest BCUT2D eigenvalue weighted by Crippen LogP contribution is -2.31. The van der Waals surface area contributed by atoms with Gasteiger partial charge in [0.2, 0.25) is 0 Å². The minimum atomic E-state index is -1.02. The van der Waals surface area contributed by atoms with E-state index in [2.05, 4.69) is 26.0 Å². The van der Waals surface area contributed by atoms with Crippen LogP contribution in [0.3, 0.4) is 0 Å². The Kier molecular flexibility index (Phi) is 9.06. The number of carbonyl (C=O) groups excluding carboxylic acids is 1. The monoisotopic (exact) mass is 765 g/mol. The van der Waals surface area contributed by atoms with Crippen LogP contribution >= 0.6 is 15.9 Å². The highest BCUT2D eigenvalue weighted by atomic mass is 79.9. The first-order valence-electron chi connectivity index (χ1n) is 16.3. The maximum atomic E-state index is 14.5. The summed E-state index contributed by atoms with van der Waals surface area (Å²) in [4.78, 5) is 67.4. The second-order valence-electron chi connectivity index (χ2n) is 12.5. The molecule has 15 nitrogen and oxygen atoms in total. The van der Waals surface area contributed by atoms with E-state index in [0.717, 1.165) is 28.0 Å². The Labute approximate surface area is 302 Å². The van der Waals surface area contributed by atoms with Crippen molar-refractivity contribution in [3.63, 3.8) is 0 Å². The molecule has 16 heteroatoms. The molecular weight excluding hydrogens is 738 g/mol. The van der Waals surface area contributed by atoms with E-state index in [4.69, 9.17) is 0 Å². The van der Waals surface area contributed by atoms with Gasteiger partial charge in [-0.2, -0.15) is 5.10 Å². The van der Waals surface area contributed by atoms with Crippen LogP contribution in [0.15, 0.2) is 99.3 Å². The van der Waals surface area contributed by atoms with Crippen molar-refractivity contribution in [1.82, 2.24) is 9.99 Å². The largest absolute Gasteiger partial charge is 0.360 e. The Morgan fingerprint density at radius 3 is 2.15 bits per heavy atom. The third-order valence-electron chi connectivity index (χ3n) is 9.29. The van der Waals surface area contributed by atoms with Crippen molar-refractivity contribution in [3.8, 4) is 11.1 Å². The van der Waals surface area contributed by atoms with Gasteiger partial charge in [-0.15, -0.1) is 0 Å². The van der Waals surface area contributed by atoms with Crippen LogP contribution in [0.25, 0.3) is 22.0 Å². The van der Waals surface area contributed by atoms with Crippen LogP contribution in [0.5, 0.6) is 0 Å². The highest BCUT2D eigenvalue weighted by Gasteiger charge is 2.39. The number of H-pyrrole nitrogens is 1. The number of nitrogens with zero attached hydrogens (tertiary/aromatic N) is 6. The predicted octanol–water partition coefficient (Wildman–Crippen LogP) is 7.66. The van der Waals surface area contributed by atoms with E-state index in [0.29, 0.717) is 53.5 Å². The average molecular weight is 767 g/mol. The molecule has 0 bridgehead atoms. The maximum Gasteiger partial charge on any atom is 0.300 e. The van der Waals surface area contributed by atoms with Crippen molar-refractivity contribution < 1.29 is 19.6 Å². The van der Waals surface area contributed by atoms with E-state index < -0.39 is 43.7 Å². The Morgan fingerprint density at radius 2 is 1.50 bits per heavy atom. The molecule has 0 unspecified atom stereocenters. The molecule has 3 heterocycles. The Balaban J connectivity index is 1.44. The minimum absolute atomic E-state index is 0.0780. The molecule has 2 aliphatic rings. The smallest absolute Gasteiger partial charge is 0.300 e. The fraction of sp³-hybridized carbons (Fsp3) is 0.194. The number of carbonyl (C=O) groups is 1. The van der Waals surface area contributed by atoms with Gasteiger partial charge in [-0.3, -0.25) is 39.9 Å². The molecule has 1 amide bonds. The molecule has 1 fully saturated rings. The number of nitro groups is 3. The number of hydrogen-bond acceptors (Lipinski definition) is 10. The van der Waals surface area contributed by atoms with Crippen molar-refractivity contribution in [2.45, 2.75) is 31.7 Å². The second-order valence-corrected chi connectivity index (χ2v) is 13.4. The normalized spacial score (nSPS) is 15.8. The number of aromatic amines is 1. The molecule has 1 saturated heterocycles. The molecule has 7 rings (SSSR count). The number of benzene rings is 4. The third-order valence-corrected chi connectivity index (χ3v) is 9.79. The highest BCUT2D eigenvalue weighted by Crippen LogP contribution is 2.43. The number of halogens is 1. The lowest BCUT2D eigenvalue weighted by molar-refractivity contribution is -0.392. The molecule has 1 aromatic heterocycles. The second kappa shape index (κ2) is 13.8. The molecule has 1 atom stereocenters. The number of anilines is 1. The molecular formula is C36H28BrN7O8. The first-order chi connectivity index (χ1) is 25.0. The number of non-ortho nitro benzene ring substituents is 1. The number of hydrogen-bond donors (Lipinski definition) is 1. The Hall–Kier alpha value is -6.29. The number of aromatic nitrogens is 1. The summed E-state index contributed by atoms with van der Waals surface area (Å²) in [5, 5.41) is 42.9. The minimum Gasteiger partial charge on any atom is -0.360 e. The van der Waals surface area contributed by atoms with Gasteiger partial charge in [-0.1, -0.05) is 58.4 Å². The number of fused-ring (bicyclic) bond motifs is 1. The van der Waals surface area contributed by atoms with E-state index >= 15 is 0 Å². The molecule has 0 radical (unpaired) electrons. The summed E-state index contributed by atoms with van der Waals surface area (Å²) in [6.07, 6.45) is 2.19. The summed E-state index contributed by atoms with van der Waals surface area (Å²) >= 11 is 3.51. The van der Waals surface area contributed by atoms with Crippen LogP contribution in [-0.4, -0.2) is 49.5 Å². The van der Waals surface area contributed by atoms with E-state index in [1.807, 2.05) is 36.4 Å². The number of nitro benzene ring substituents is 3. The van der Waals surface area contributed by atoms with E-state index in [-0.39, 0.29) is 34.6 Å². The zero-order valence-corrected chi connectivity index (χ0v) is 28.8. The molecule has 0 aliphatic carbocycles. The van der Waals surface area contributed by atoms with Crippen molar-refractivity contribution in [1.29, 1.82) is 0 Å². The molecule has 0 saturated carbocycles. The van der Waals surface area contributed by atoms with Crippen LogP contribution in [0, 0.1) is 30.3 Å². The van der Waals surface area contributed by atoms with Crippen molar-refractivity contribution in [2.24, 2.45) is 5.10 Å². The lowest BCUT2D eigenvalue weighted by atomic mass is 9.91. The summed E-state index contributed by atoms with van der Waals surface area (Å²) in [6, 6.07) is 21.1. The van der Waals surface area contributed by atoms with Gasteiger partial charge in [0.1, 0.15) is 0 Å². The summed E-state index contributed by atoms with van der Waals surface area (Å²) in [5.74, 6) is -0.927. The third kappa shape index (κ3) is 6.28. The lowest BCUT2D eigenvalue weighted by Gasteiger charge is -2.28. The number of amides is 1.